The highest BCUT2D eigenvalue weighted by Gasteiger charge is 2.54. The maximum absolute atomic E-state index is 12.9. The Morgan fingerprint density at radius 2 is 2.12 bits per heavy atom. The number of aliphatic carboxylic acids is 1. The van der Waals surface area contributed by atoms with E-state index in [-0.39, 0.29) is 17.7 Å². The number of carboxylic acids is 1. The predicted octanol–water partition coefficient (Wildman–Crippen LogP) is 2.53. The Morgan fingerprint density at radius 3 is 2.69 bits per heavy atom. The van der Waals surface area contributed by atoms with Gasteiger partial charge in [0.1, 0.15) is 5.75 Å². The second kappa shape index (κ2) is 7.66. The van der Waals surface area contributed by atoms with Gasteiger partial charge < -0.3 is 19.5 Å². The summed E-state index contributed by atoms with van der Waals surface area (Å²) in [6.07, 6.45) is 1.72. The lowest BCUT2D eigenvalue weighted by Crippen LogP contribution is -2.45. The van der Waals surface area contributed by atoms with Crippen molar-refractivity contribution in [3.05, 3.63) is 29.8 Å². The van der Waals surface area contributed by atoms with Gasteiger partial charge in [0, 0.05) is 32.0 Å². The molecule has 0 radical (unpaired) electrons. The third-order valence-electron chi connectivity index (χ3n) is 5.99. The third-order valence-corrected chi connectivity index (χ3v) is 5.99. The number of methoxy groups -OCH3 is 1. The van der Waals surface area contributed by atoms with Crippen molar-refractivity contribution in [2.24, 2.45) is 11.3 Å². The number of rotatable bonds is 6. The molecule has 1 unspecified atom stereocenters. The Balaban J connectivity index is 1.69. The molecule has 6 heteroatoms. The monoisotopic (exact) mass is 361 g/mol. The second-order valence-electron chi connectivity index (χ2n) is 7.34. The molecule has 0 bridgehead atoms. The Bertz CT molecular complexity index is 659. The number of nitrogens with zero attached hydrogens (tertiary/aromatic N) is 1. The first-order valence-corrected chi connectivity index (χ1v) is 9.23. The van der Waals surface area contributed by atoms with E-state index in [0.717, 1.165) is 17.7 Å². The van der Waals surface area contributed by atoms with Gasteiger partial charge in [0.15, 0.2) is 0 Å². The Morgan fingerprint density at radius 1 is 1.38 bits per heavy atom. The molecular weight excluding hydrogens is 334 g/mol. The summed E-state index contributed by atoms with van der Waals surface area (Å²) in [5.41, 5.74) is 0.268. The third kappa shape index (κ3) is 3.43. The van der Waals surface area contributed by atoms with Gasteiger partial charge in [0.2, 0.25) is 5.91 Å². The molecule has 0 saturated carbocycles. The topological polar surface area (TPSA) is 76.1 Å². The molecule has 2 heterocycles. The van der Waals surface area contributed by atoms with Crippen LogP contribution in [0.2, 0.25) is 0 Å². The Kier molecular flexibility index (Phi) is 5.51. The van der Waals surface area contributed by atoms with Gasteiger partial charge in [-0.05, 0) is 36.5 Å². The lowest BCUT2D eigenvalue weighted by molar-refractivity contribution is -0.157. The van der Waals surface area contributed by atoms with Crippen LogP contribution in [0.25, 0.3) is 0 Å². The van der Waals surface area contributed by atoms with Gasteiger partial charge in [-0.15, -0.1) is 0 Å². The number of likely N-dealkylation sites (tertiary alicyclic amines) is 1. The molecule has 26 heavy (non-hydrogen) atoms. The fraction of sp³-hybridized carbons (Fsp3) is 0.600. The van der Waals surface area contributed by atoms with Crippen molar-refractivity contribution in [2.75, 3.05) is 33.4 Å². The van der Waals surface area contributed by atoms with E-state index in [2.05, 4.69) is 6.92 Å². The number of amides is 1. The smallest absolute Gasteiger partial charge is 0.311 e. The van der Waals surface area contributed by atoms with Crippen LogP contribution in [0.3, 0.4) is 0 Å². The molecule has 2 aliphatic rings. The van der Waals surface area contributed by atoms with E-state index < -0.39 is 11.4 Å². The number of hydrogen-bond donors (Lipinski definition) is 1. The second-order valence-corrected chi connectivity index (χ2v) is 7.34. The zero-order valence-electron chi connectivity index (χ0n) is 15.4. The molecule has 1 aromatic carbocycles. The Labute approximate surface area is 154 Å². The summed E-state index contributed by atoms with van der Waals surface area (Å²) < 4.78 is 10.7. The van der Waals surface area contributed by atoms with E-state index in [4.69, 9.17) is 9.47 Å². The standard InChI is InChI=1S/C20H27NO5/c1-3-14(15-4-6-17(25-2)7-5-15)10-18(22)21-11-16-12-26-9-8-20(16,13-21)19(23)24/h4-7,14,16H,3,8-13H2,1-2H3,(H,23,24)/t14?,16-,20+/m0/s1. The fourth-order valence-electron chi connectivity index (χ4n) is 4.20. The van der Waals surface area contributed by atoms with Gasteiger partial charge in [0.05, 0.1) is 19.1 Å². The molecule has 1 amide bonds. The van der Waals surface area contributed by atoms with E-state index in [1.165, 1.54) is 0 Å². The number of carbonyl (C=O) groups excluding carboxylic acids is 1. The molecule has 0 aliphatic carbocycles. The van der Waals surface area contributed by atoms with Crippen LogP contribution in [0, 0.1) is 11.3 Å². The van der Waals surface area contributed by atoms with Crippen molar-refractivity contribution in [2.45, 2.75) is 32.1 Å². The van der Waals surface area contributed by atoms with Crippen molar-refractivity contribution >= 4 is 11.9 Å². The molecule has 6 nitrogen and oxygen atoms in total. The van der Waals surface area contributed by atoms with Gasteiger partial charge >= 0.3 is 5.97 Å². The predicted molar refractivity (Wildman–Crippen MR) is 96.2 cm³/mol. The first-order chi connectivity index (χ1) is 12.5. The van der Waals surface area contributed by atoms with Crippen LogP contribution in [-0.2, 0) is 14.3 Å². The summed E-state index contributed by atoms with van der Waals surface area (Å²) in [5.74, 6) is 0.0276. The number of hydrogen-bond acceptors (Lipinski definition) is 4. The fourth-order valence-corrected chi connectivity index (χ4v) is 4.20. The summed E-state index contributed by atoms with van der Waals surface area (Å²) >= 11 is 0. The summed E-state index contributed by atoms with van der Waals surface area (Å²) in [5, 5.41) is 9.75. The first kappa shape index (κ1) is 18.7. The minimum atomic E-state index is -0.838. The number of carboxylic acid groups (broad SMARTS) is 1. The van der Waals surface area contributed by atoms with Gasteiger partial charge in [-0.1, -0.05) is 19.1 Å². The highest BCUT2D eigenvalue weighted by molar-refractivity contribution is 5.81. The molecule has 2 aliphatic heterocycles. The van der Waals surface area contributed by atoms with E-state index in [9.17, 15) is 14.7 Å². The van der Waals surface area contributed by atoms with Crippen LogP contribution in [0.5, 0.6) is 5.75 Å². The van der Waals surface area contributed by atoms with Crippen LogP contribution >= 0.6 is 0 Å². The van der Waals surface area contributed by atoms with Crippen molar-refractivity contribution in [3.8, 4) is 5.75 Å². The van der Waals surface area contributed by atoms with E-state index in [1.807, 2.05) is 24.3 Å². The maximum Gasteiger partial charge on any atom is 0.311 e. The normalized spacial score (nSPS) is 26.2. The number of ether oxygens (including phenoxy) is 2. The average molecular weight is 361 g/mol. The molecule has 0 aromatic heterocycles. The number of carbonyl (C=O) groups is 2. The lowest BCUT2D eigenvalue weighted by Gasteiger charge is -2.33. The van der Waals surface area contributed by atoms with E-state index in [0.29, 0.717) is 39.1 Å². The first-order valence-electron chi connectivity index (χ1n) is 9.23. The quantitative estimate of drug-likeness (QED) is 0.843. The zero-order valence-corrected chi connectivity index (χ0v) is 15.4. The van der Waals surface area contributed by atoms with Gasteiger partial charge in [-0.25, -0.2) is 0 Å². The molecule has 1 N–H and O–H groups in total. The molecular formula is C20H27NO5. The van der Waals surface area contributed by atoms with Crippen LogP contribution in [0.4, 0.5) is 0 Å². The van der Waals surface area contributed by atoms with Crippen molar-refractivity contribution in [1.82, 2.24) is 4.90 Å². The summed E-state index contributed by atoms with van der Waals surface area (Å²) in [6, 6.07) is 7.81. The zero-order chi connectivity index (χ0) is 18.7. The minimum absolute atomic E-state index is 0.0303. The highest BCUT2D eigenvalue weighted by atomic mass is 16.5. The van der Waals surface area contributed by atoms with Crippen molar-refractivity contribution in [1.29, 1.82) is 0 Å². The molecule has 0 spiro atoms. The molecule has 142 valence electrons. The average Bonchev–Trinajstić information content (AvgIpc) is 3.07. The number of benzene rings is 1. The summed E-state index contributed by atoms with van der Waals surface area (Å²) in [7, 11) is 1.63. The van der Waals surface area contributed by atoms with Crippen LogP contribution < -0.4 is 4.74 Å². The minimum Gasteiger partial charge on any atom is -0.497 e. The van der Waals surface area contributed by atoms with Gasteiger partial charge in [-0.3, -0.25) is 9.59 Å². The molecule has 1 aromatic rings. The largest absolute Gasteiger partial charge is 0.497 e. The van der Waals surface area contributed by atoms with Crippen molar-refractivity contribution in [3.63, 3.8) is 0 Å². The van der Waals surface area contributed by atoms with Crippen LogP contribution in [0.1, 0.15) is 37.7 Å². The van der Waals surface area contributed by atoms with E-state index >= 15 is 0 Å². The molecule has 3 rings (SSSR count). The summed E-state index contributed by atoms with van der Waals surface area (Å²) in [4.78, 5) is 26.5. The van der Waals surface area contributed by atoms with Crippen LogP contribution in [0.15, 0.2) is 24.3 Å². The molecule has 2 fully saturated rings. The Hall–Kier alpha value is -2.08. The maximum atomic E-state index is 12.9. The molecule has 2 saturated heterocycles. The van der Waals surface area contributed by atoms with Gasteiger partial charge in [-0.2, -0.15) is 0 Å². The summed E-state index contributed by atoms with van der Waals surface area (Å²) in [6.45, 7) is 3.72. The van der Waals surface area contributed by atoms with Crippen LogP contribution in [-0.4, -0.2) is 55.3 Å². The van der Waals surface area contributed by atoms with Crippen molar-refractivity contribution < 1.29 is 24.2 Å². The molecule has 3 atom stereocenters. The number of fused-ring (bicyclic) bond motifs is 1. The lowest BCUT2D eigenvalue weighted by atomic mass is 9.74. The van der Waals surface area contributed by atoms with E-state index in [1.54, 1.807) is 12.0 Å². The van der Waals surface area contributed by atoms with Gasteiger partial charge in [0.25, 0.3) is 0 Å². The highest BCUT2D eigenvalue weighted by Crippen LogP contribution is 2.43. The SMILES string of the molecule is CCC(CC(=O)N1C[C@H]2COCC[C@@]2(C(=O)O)C1)c1ccc(OC)cc1.